The van der Waals surface area contributed by atoms with Crippen molar-refractivity contribution in [2.45, 2.75) is 25.3 Å². The fraction of sp³-hybridized carbons (Fsp3) is 0.357. The van der Waals surface area contributed by atoms with Crippen molar-refractivity contribution in [2.75, 3.05) is 5.32 Å². The zero-order valence-corrected chi connectivity index (χ0v) is 12.1. The van der Waals surface area contributed by atoms with Gasteiger partial charge < -0.3 is 15.2 Å². The summed E-state index contributed by atoms with van der Waals surface area (Å²) < 4.78 is 1.19. The van der Waals surface area contributed by atoms with E-state index in [-0.39, 0.29) is 11.8 Å². The SMILES string of the molecule is Cc1cc(I)cc2c1N[C@@H](C(=O)[O-])[C@H]1CC=C[C@H]21. The Hall–Kier alpha value is -1.04. The third-order valence-corrected chi connectivity index (χ3v) is 4.51. The van der Waals surface area contributed by atoms with E-state index in [9.17, 15) is 9.90 Å². The van der Waals surface area contributed by atoms with Gasteiger partial charge in [-0.05, 0) is 65.1 Å². The van der Waals surface area contributed by atoms with E-state index in [0.29, 0.717) is 0 Å². The molecule has 1 aliphatic heterocycles. The molecule has 0 unspecified atom stereocenters. The fourth-order valence-electron chi connectivity index (χ4n) is 3.07. The van der Waals surface area contributed by atoms with Gasteiger partial charge in [-0.3, -0.25) is 0 Å². The summed E-state index contributed by atoms with van der Waals surface area (Å²) >= 11 is 2.30. The number of carboxylic acid groups (broad SMARTS) is 1. The van der Waals surface area contributed by atoms with Crippen molar-refractivity contribution >= 4 is 34.2 Å². The van der Waals surface area contributed by atoms with Crippen LogP contribution in [0.2, 0.25) is 0 Å². The lowest BCUT2D eigenvalue weighted by atomic mass is 9.78. The monoisotopic (exact) mass is 354 g/mol. The molecule has 1 aliphatic carbocycles. The van der Waals surface area contributed by atoms with Crippen molar-refractivity contribution in [3.8, 4) is 0 Å². The maximum Gasteiger partial charge on any atom is 0.0698 e. The van der Waals surface area contributed by atoms with Crippen LogP contribution in [0.5, 0.6) is 0 Å². The number of nitrogens with one attached hydrogen (secondary N) is 1. The minimum absolute atomic E-state index is 0.0834. The average Bonchev–Trinajstić information content (AvgIpc) is 2.76. The number of hydrogen-bond donors (Lipinski definition) is 1. The molecule has 1 N–H and O–H groups in total. The number of anilines is 1. The predicted octanol–water partition coefficient (Wildman–Crippen LogP) is 1.80. The molecule has 3 atom stereocenters. The van der Waals surface area contributed by atoms with Gasteiger partial charge in [-0.2, -0.15) is 0 Å². The second-order valence-electron chi connectivity index (χ2n) is 4.98. The number of aliphatic carboxylic acids is 1. The maximum absolute atomic E-state index is 11.3. The van der Waals surface area contributed by atoms with Crippen LogP contribution in [0.25, 0.3) is 0 Å². The molecule has 3 rings (SSSR count). The first kappa shape index (κ1) is 12.0. The van der Waals surface area contributed by atoms with Crippen molar-refractivity contribution in [3.63, 3.8) is 0 Å². The molecule has 0 spiro atoms. The lowest BCUT2D eigenvalue weighted by Crippen LogP contribution is -2.49. The molecule has 18 heavy (non-hydrogen) atoms. The molecule has 3 nitrogen and oxygen atoms in total. The van der Waals surface area contributed by atoms with Gasteiger partial charge in [0.05, 0.1) is 12.0 Å². The molecule has 1 heterocycles. The summed E-state index contributed by atoms with van der Waals surface area (Å²) in [7, 11) is 0. The van der Waals surface area contributed by atoms with Gasteiger partial charge in [0.1, 0.15) is 0 Å². The van der Waals surface area contributed by atoms with E-state index in [0.717, 1.165) is 17.7 Å². The molecule has 1 aromatic carbocycles. The highest BCUT2D eigenvalue weighted by molar-refractivity contribution is 14.1. The number of carboxylic acids is 1. The molecule has 0 bridgehead atoms. The van der Waals surface area contributed by atoms with Crippen LogP contribution in [-0.2, 0) is 4.79 Å². The molecule has 94 valence electrons. The number of halogens is 1. The highest BCUT2D eigenvalue weighted by Gasteiger charge is 2.38. The molecule has 0 saturated carbocycles. The summed E-state index contributed by atoms with van der Waals surface area (Å²) in [5, 5.41) is 14.4. The van der Waals surface area contributed by atoms with Gasteiger partial charge in [0, 0.05) is 15.2 Å². The highest BCUT2D eigenvalue weighted by atomic mass is 127. The number of benzene rings is 1. The first-order valence-electron chi connectivity index (χ1n) is 6.02. The van der Waals surface area contributed by atoms with Gasteiger partial charge in [-0.15, -0.1) is 0 Å². The lowest BCUT2D eigenvalue weighted by Gasteiger charge is -2.38. The minimum atomic E-state index is -1.00. The van der Waals surface area contributed by atoms with Crippen LogP contribution in [0.1, 0.15) is 23.5 Å². The molecule has 2 aliphatic rings. The van der Waals surface area contributed by atoms with Gasteiger partial charge in [-0.1, -0.05) is 12.2 Å². The van der Waals surface area contributed by atoms with Gasteiger partial charge >= 0.3 is 0 Å². The molecular formula is C14H13INO2-. The number of hydrogen-bond acceptors (Lipinski definition) is 3. The summed E-state index contributed by atoms with van der Waals surface area (Å²) in [5.41, 5.74) is 3.29. The molecule has 0 aromatic heterocycles. The van der Waals surface area contributed by atoms with E-state index in [4.69, 9.17) is 0 Å². The Morgan fingerprint density at radius 1 is 1.50 bits per heavy atom. The van der Waals surface area contributed by atoms with Crippen molar-refractivity contribution in [3.05, 3.63) is 39.0 Å². The van der Waals surface area contributed by atoms with Crippen LogP contribution in [0.3, 0.4) is 0 Å². The Morgan fingerprint density at radius 2 is 2.28 bits per heavy atom. The maximum atomic E-state index is 11.3. The quantitative estimate of drug-likeness (QED) is 0.618. The number of carbonyl (C=O) groups excluding carboxylic acids is 1. The van der Waals surface area contributed by atoms with Crippen molar-refractivity contribution < 1.29 is 9.90 Å². The van der Waals surface area contributed by atoms with Crippen LogP contribution in [-0.4, -0.2) is 12.0 Å². The summed E-state index contributed by atoms with van der Waals surface area (Å²) in [5.74, 6) is -0.713. The van der Waals surface area contributed by atoms with Crippen molar-refractivity contribution in [2.24, 2.45) is 5.92 Å². The number of aryl methyl sites for hydroxylation is 1. The van der Waals surface area contributed by atoms with Crippen LogP contribution < -0.4 is 10.4 Å². The van der Waals surface area contributed by atoms with Gasteiger partial charge in [0.15, 0.2) is 0 Å². The van der Waals surface area contributed by atoms with E-state index in [1.165, 1.54) is 9.13 Å². The Kier molecular flexibility index (Phi) is 2.84. The van der Waals surface area contributed by atoms with Crippen LogP contribution in [0.4, 0.5) is 5.69 Å². The summed E-state index contributed by atoms with van der Waals surface area (Å²) in [6.45, 7) is 2.01. The van der Waals surface area contributed by atoms with E-state index < -0.39 is 12.0 Å². The molecule has 4 heteroatoms. The summed E-state index contributed by atoms with van der Waals surface area (Å²) in [4.78, 5) is 11.3. The Balaban J connectivity index is 2.14. The van der Waals surface area contributed by atoms with Crippen LogP contribution in [0.15, 0.2) is 24.3 Å². The smallest absolute Gasteiger partial charge is 0.0698 e. The molecule has 1 aromatic rings. The van der Waals surface area contributed by atoms with Crippen molar-refractivity contribution in [1.29, 1.82) is 0 Å². The van der Waals surface area contributed by atoms with Crippen LogP contribution in [0, 0.1) is 16.4 Å². The third kappa shape index (κ3) is 1.74. The normalized spacial score (nSPS) is 28.4. The Bertz CT molecular complexity index is 553. The van der Waals surface area contributed by atoms with E-state index in [1.807, 2.05) is 6.92 Å². The molecule has 0 radical (unpaired) electrons. The largest absolute Gasteiger partial charge is 0.548 e. The van der Waals surface area contributed by atoms with Crippen molar-refractivity contribution in [1.82, 2.24) is 0 Å². The lowest BCUT2D eigenvalue weighted by molar-refractivity contribution is -0.308. The average molecular weight is 354 g/mol. The number of allylic oxidation sites excluding steroid dienone is 2. The molecule has 0 amide bonds. The molecule has 0 saturated heterocycles. The summed E-state index contributed by atoms with van der Waals surface area (Å²) in [6.07, 6.45) is 5.02. The van der Waals surface area contributed by atoms with Crippen LogP contribution >= 0.6 is 22.6 Å². The number of fused-ring (bicyclic) bond motifs is 3. The summed E-state index contributed by atoms with van der Waals surface area (Å²) in [6, 6.07) is 3.63. The Labute approximate surface area is 119 Å². The van der Waals surface area contributed by atoms with Gasteiger partial charge in [0.2, 0.25) is 0 Å². The zero-order valence-electron chi connectivity index (χ0n) is 9.94. The number of carbonyl (C=O) groups is 1. The second kappa shape index (κ2) is 4.26. The standard InChI is InChI=1S/C14H14INO2/c1-7-5-8(15)6-11-9-3-2-4-10(9)13(14(17)18)16-12(7)11/h2-3,5-6,9-10,13,16H,4H2,1H3,(H,17,18)/p-1/t9-,10-,13+/m0/s1. The topological polar surface area (TPSA) is 52.2 Å². The first-order valence-corrected chi connectivity index (χ1v) is 7.10. The highest BCUT2D eigenvalue weighted by Crippen LogP contribution is 2.45. The van der Waals surface area contributed by atoms with E-state index in [1.54, 1.807) is 0 Å². The Morgan fingerprint density at radius 3 is 3.00 bits per heavy atom. The van der Waals surface area contributed by atoms with Gasteiger partial charge in [0.25, 0.3) is 0 Å². The minimum Gasteiger partial charge on any atom is -0.548 e. The first-order chi connectivity index (χ1) is 8.58. The second-order valence-corrected chi connectivity index (χ2v) is 6.23. The predicted molar refractivity (Wildman–Crippen MR) is 76.3 cm³/mol. The molecular weight excluding hydrogens is 341 g/mol. The number of rotatable bonds is 1. The third-order valence-electron chi connectivity index (χ3n) is 3.88. The zero-order chi connectivity index (χ0) is 12.9. The van der Waals surface area contributed by atoms with E-state index in [2.05, 4.69) is 52.2 Å². The van der Waals surface area contributed by atoms with E-state index >= 15 is 0 Å². The molecule has 0 fully saturated rings. The fourth-order valence-corrected chi connectivity index (χ4v) is 3.88. The van der Waals surface area contributed by atoms with Gasteiger partial charge in [-0.25, -0.2) is 0 Å².